The van der Waals surface area contributed by atoms with Gasteiger partial charge in [0.15, 0.2) is 0 Å². The molecule has 24 heavy (non-hydrogen) atoms. The van der Waals surface area contributed by atoms with E-state index in [1.165, 1.54) is 16.8 Å². The number of hydrogen-bond donors (Lipinski definition) is 0. The Kier molecular flexibility index (Phi) is 4.86. The molecule has 1 aromatic carbocycles. The van der Waals surface area contributed by atoms with E-state index in [0.717, 1.165) is 32.4 Å². The van der Waals surface area contributed by atoms with Crippen LogP contribution in [0.2, 0.25) is 0 Å². The van der Waals surface area contributed by atoms with Crippen LogP contribution < -0.4 is 4.90 Å². The van der Waals surface area contributed by atoms with Crippen LogP contribution in [0.1, 0.15) is 44.7 Å². The van der Waals surface area contributed by atoms with Crippen molar-refractivity contribution in [3.05, 3.63) is 29.3 Å². The molecule has 1 unspecified atom stereocenters. The van der Waals surface area contributed by atoms with Crippen molar-refractivity contribution < 1.29 is 9.53 Å². The zero-order chi connectivity index (χ0) is 17.3. The topological polar surface area (TPSA) is 32.8 Å². The second-order valence-corrected chi connectivity index (χ2v) is 8.21. The summed E-state index contributed by atoms with van der Waals surface area (Å²) in [6.07, 6.45) is 3.45. The lowest BCUT2D eigenvalue weighted by molar-refractivity contribution is -0.141. The Hall–Kier alpha value is -1.55. The van der Waals surface area contributed by atoms with Crippen molar-refractivity contribution in [3.63, 3.8) is 0 Å². The van der Waals surface area contributed by atoms with Gasteiger partial charge in [0.2, 0.25) is 5.91 Å². The first-order valence-electron chi connectivity index (χ1n) is 9.08. The zero-order valence-corrected chi connectivity index (χ0v) is 15.5. The normalized spacial score (nSPS) is 20.3. The van der Waals surface area contributed by atoms with Gasteiger partial charge in [0.1, 0.15) is 0 Å². The maximum absolute atomic E-state index is 12.9. The molecule has 3 rings (SSSR count). The Morgan fingerprint density at radius 2 is 2.17 bits per heavy atom. The van der Waals surface area contributed by atoms with E-state index in [-0.39, 0.29) is 17.4 Å². The molecule has 2 aliphatic rings. The molecule has 1 saturated heterocycles. The smallest absolute Gasteiger partial charge is 0.228 e. The van der Waals surface area contributed by atoms with Gasteiger partial charge in [-0.15, -0.1) is 0 Å². The summed E-state index contributed by atoms with van der Waals surface area (Å²) in [5, 5.41) is 0. The van der Waals surface area contributed by atoms with Crippen LogP contribution in [0.4, 0.5) is 5.69 Å². The highest BCUT2D eigenvalue weighted by molar-refractivity contribution is 5.81. The summed E-state index contributed by atoms with van der Waals surface area (Å²) >= 11 is 0. The number of carbonyl (C=O) groups is 1. The fourth-order valence-corrected chi connectivity index (χ4v) is 3.67. The highest BCUT2D eigenvalue weighted by Gasteiger charge is 2.30. The lowest BCUT2D eigenvalue weighted by Gasteiger charge is -2.31. The summed E-state index contributed by atoms with van der Waals surface area (Å²) in [6, 6.07) is 6.64. The third-order valence-electron chi connectivity index (χ3n) is 5.02. The summed E-state index contributed by atoms with van der Waals surface area (Å²) < 4.78 is 5.77. The van der Waals surface area contributed by atoms with E-state index in [0.29, 0.717) is 13.1 Å². The molecule has 2 aliphatic heterocycles. The molecule has 0 aromatic heterocycles. The highest BCUT2D eigenvalue weighted by atomic mass is 16.5. The number of carbonyl (C=O) groups excluding carboxylic acids is 1. The second kappa shape index (κ2) is 6.75. The van der Waals surface area contributed by atoms with Crippen molar-refractivity contribution >= 4 is 11.6 Å². The minimum atomic E-state index is -0.366. The molecule has 0 aliphatic carbocycles. The number of ether oxygens (including phenoxy) is 1. The van der Waals surface area contributed by atoms with E-state index in [2.05, 4.69) is 30.1 Å². The molecule has 0 spiro atoms. The fraction of sp³-hybridized carbons (Fsp3) is 0.650. The number of nitrogens with zero attached hydrogens (tertiary/aromatic N) is 2. The SMILES string of the molecule is CN1CCc2cc(CN(CC3CCCO3)C(=O)C(C)(C)C)ccc21. The van der Waals surface area contributed by atoms with Gasteiger partial charge in [-0.05, 0) is 36.5 Å². The van der Waals surface area contributed by atoms with Gasteiger partial charge in [0.25, 0.3) is 0 Å². The fourth-order valence-electron chi connectivity index (χ4n) is 3.67. The molecule has 1 atom stereocenters. The van der Waals surface area contributed by atoms with Crippen LogP contribution in [0.3, 0.4) is 0 Å². The Labute approximate surface area is 145 Å². The molecule has 2 heterocycles. The summed E-state index contributed by atoms with van der Waals surface area (Å²) in [5.74, 6) is 0.204. The van der Waals surface area contributed by atoms with Crippen molar-refractivity contribution in [2.24, 2.45) is 5.41 Å². The van der Waals surface area contributed by atoms with Gasteiger partial charge in [-0.2, -0.15) is 0 Å². The predicted molar refractivity (Wildman–Crippen MR) is 97.3 cm³/mol. The third kappa shape index (κ3) is 3.75. The minimum absolute atomic E-state index is 0.192. The van der Waals surface area contributed by atoms with Gasteiger partial charge in [0, 0.05) is 44.4 Å². The molecule has 1 fully saturated rings. The van der Waals surface area contributed by atoms with Crippen molar-refractivity contribution in [1.82, 2.24) is 4.90 Å². The van der Waals surface area contributed by atoms with Gasteiger partial charge < -0.3 is 14.5 Å². The van der Waals surface area contributed by atoms with Crippen LogP contribution >= 0.6 is 0 Å². The van der Waals surface area contributed by atoms with Crippen LogP contribution in [-0.4, -0.2) is 43.7 Å². The molecule has 4 nitrogen and oxygen atoms in total. The summed E-state index contributed by atoms with van der Waals surface area (Å²) in [7, 11) is 2.14. The minimum Gasteiger partial charge on any atom is -0.376 e. The lowest BCUT2D eigenvalue weighted by atomic mass is 9.94. The molecule has 0 saturated carbocycles. The van der Waals surface area contributed by atoms with Gasteiger partial charge in [-0.25, -0.2) is 0 Å². The summed E-state index contributed by atoms with van der Waals surface area (Å²) in [6.45, 7) is 9.27. The molecule has 4 heteroatoms. The van der Waals surface area contributed by atoms with Crippen LogP contribution in [0.15, 0.2) is 18.2 Å². The number of fused-ring (bicyclic) bond motifs is 1. The van der Waals surface area contributed by atoms with E-state index in [1.807, 2.05) is 25.7 Å². The molecule has 1 amide bonds. The molecule has 132 valence electrons. The van der Waals surface area contributed by atoms with Crippen molar-refractivity contribution in [2.45, 2.75) is 52.7 Å². The van der Waals surface area contributed by atoms with Gasteiger partial charge >= 0.3 is 0 Å². The van der Waals surface area contributed by atoms with Crippen molar-refractivity contribution in [3.8, 4) is 0 Å². The predicted octanol–water partition coefficient (Wildman–Crippen LogP) is 3.23. The lowest BCUT2D eigenvalue weighted by Crippen LogP contribution is -2.43. The van der Waals surface area contributed by atoms with Gasteiger partial charge in [-0.1, -0.05) is 32.9 Å². The van der Waals surface area contributed by atoms with Crippen LogP contribution in [0, 0.1) is 5.41 Å². The molecular formula is C20H30N2O2. The summed E-state index contributed by atoms with van der Waals surface area (Å²) in [5.41, 5.74) is 3.58. The van der Waals surface area contributed by atoms with Crippen LogP contribution in [0.5, 0.6) is 0 Å². The Bertz CT molecular complexity index is 600. The highest BCUT2D eigenvalue weighted by Crippen LogP contribution is 2.29. The standard InChI is InChI=1S/C20H30N2O2/c1-20(2,3)19(23)22(14-17-6-5-11-24-17)13-15-7-8-18-16(12-15)9-10-21(18)4/h7-8,12,17H,5-6,9-11,13-14H2,1-4H3. The average Bonchev–Trinajstić information content (AvgIpc) is 3.15. The Morgan fingerprint density at radius 3 is 2.83 bits per heavy atom. The monoisotopic (exact) mass is 330 g/mol. The van der Waals surface area contributed by atoms with E-state index in [4.69, 9.17) is 4.74 Å². The van der Waals surface area contributed by atoms with E-state index in [1.54, 1.807) is 0 Å². The number of anilines is 1. The largest absolute Gasteiger partial charge is 0.376 e. The first kappa shape index (κ1) is 17.3. The molecule has 0 bridgehead atoms. The number of likely N-dealkylation sites (N-methyl/N-ethyl adjacent to an activating group) is 1. The Balaban J connectivity index is 1.77. The van der Waals surface area contributed by atoms with E-state index in [9.17, 15) is 4.79 Å². The van der Waals surface area contributed by atoms with Crippen molar-refractivity contribution in [1.29, 1.82) is 0 Å². The third-order valence-corrected chi connectivity index (χ3v) is 5.02. The number of amides is 1. The Morgan fingerprint density at radius 1 is 1.38 bits per heavy atom. The molecular weight excluding hydrogens is 300 g/mol. The zero-order valence-electron chi connectivity index (χ0n) is 15.5. The van der Waals surface area contributed by atoms with E-state index >= 15 is 0 Å². The maximum Gasteiger partial charge on any atom is 0.228 e. The second-order valence-electron chi connectivity index (χ2n) is 8.21. The number of rotatable bonds is 4. The maximum atomic E-state index is 12.9. The number of hydrogen-bond acceptors (Lipinski definition) is 3. The molecule has 0 radical (unpaired) electrons. The molecule has 0 N–H and O–H groups in total. The van der Waals surface area contributed by atoms with Crippen molar-refractivity contribution in [2.75, 3.05) is 31.6 Å². The van der Waals surface area contributed by atoms with Crippen LogP contribution in [0.25, 0.3) is 0 Å². The van der Waals surface area contributed by atoms with Gasteiger partial charge in [-0.3, -0.25) is 4.79 Å². The quantitative estimate of drug-likeness (QED) is 0.850. The first-order valence-corrected chi connectivity index (χ1v) is 9.08. The van der Waals surface area contributed by atoms with Gasteiger partial charge in [0.05, 0.1) is 6.10 Å². The molecule has 1 aromatic rings. The number of benzene rings is 1. The average molecular weight is 330 g/mol. The first-order chi connectivity index (χ1) is 11.3. The van der Waals surface area contributed by atoms with E-state index < -0.39 is 0 Å². The summed E-state index contributed by atoms with van der Waals surface area (Å²) in [4.78, 5) is 17.2. The van der Waals surface area contributed by atoms with Crippen LogP contribution in [-0.2, 0) is 22.5 Å².